The molecule has 5 nitrogen and oxygen atoms in total. The summed E-state index contributed by atoms with van der Waals surface area (Å²) < 4.78 is 0. The second kappa shape index (κ2) is 5.18. The molecule has 90 valence electrons. The van der Waals surface area contributed by atoms with Gasteiger partial charge in [-0.15, -0.1) is 0 Å². The first-order valence-electron chi connectivity index (χ1n) is 5.25. The third-order valence-corrected chi connectivity index (χ3v) is 3.72. The Morgan fingerprint density at radius 1 is 1.47 bits per heavy atom. The van der Waals surface area contributed by atoms with Crippen molar-refractivity contribution >= 4 is 29.5 Å². The molecule has 1 amide bonds. The van der Waals surface area contributed by atoms with Crippen molar-refractivity contribution in [3.8, 4) is 0 Å². The van der Waals surface area contributed by atoms with Crippen LogP contribution in [0.2, 0.25) is 0 Å². The number of nitrogens with one attached hydrogen (secondary N) is 1. The van der Waals surface area contributed by atoms with Crippen molar-refractivity contribution in [2.24, 2.45) is 5.92 Å². The summed E-state index contributed by atoms with van der Waals surface area (Å²) in [6.07, 6.45) is 2.13. The van der Waals surface area contributed by atoms with Crippen LogP contribution in [0.5, 0.6) is 0 Å². The number of carboxylic acids is 1. The fourth-order valence-corrected chi connectivity index (χ4v) is 2.78. The average molecular weight is 252 g/mol. The monoisotopic (exact) mass is 252 g/mol. The number of hydrogen-bond donors (Lipinski definition) is 2. The van der Waals surface area contributed by atoms with Crippen LogP contribution in [0.4, 0.5) is 5.82 Å². The summed E-state index contributed by atoms with van der Waals surface area (Å²) >= 11 is 1.77. The van der Waals surface area contributed by atoms with E-state index < -0.39 is 5.97 Å². The smallest absolute Gasteiger partial charge is 0.337 e. The number of nitrogens with zero attached hydrogens (tertiary/aromatic N) is 1. The fraction of sp³-hybridized carbons (Fsp3) is 0.364. The molecule has 6 heteroatoms. The number of thioether (sulfide) groups is 1. The van der Waals surface area contributed by atoms with E-state index in [-0.39, 0.29) is 17.4 Å². The SMILES string of the molecule is O=C(O)c1ccc(NC(=O)C2CCSC2)nc1. The van der Waals surface area contributed by atoms with Crippen LogP contribution in [0.25, 0.3) is 0 Å². The summed E-state index contributed by atoms with van der Waals surface area (Å²) in [5, 5.41) is 11.4. The quantitative estimate of drug-likeness (QED) is 0.851. The van der Waals surface area contributed by atoms with Gasteiger partial charge in [0.15, 0.2) is 0 Å². The zero-order chi connectivity index (χ0) is 12.3. The molecule has 0 radical (unpaired) electrons. The first-order valence-corrected chi connectivity index (χ1v) is 6.40. The standard InChI is InChI=1S/C11H12N2O3S/c14-10(8-3-4-17-6-8)13-9-2-1-7(5-12-9)11(15)16/h1-2,5,8H,3-4,6H2,(H,15,16)(H,12,13,14). The second-order valence-corrected chi connectivity index (χ2v) is 4.94. The highest BCUT2D eigenvalue weighted by Crippen LogP contribution is 2.24. The van der Waals surface area contributed by atoms with Crippen LogP contribution in [-0.2, 0) is 4.79 Å². The summed E-state index contributed by atoms with van der Waals surface area (Å²) in [6, 6.07) is 2.93. The third kappa shape index (κ3) is 2.97. The average Bonchev–Trinajstić information content (AvgIpc) is 2.83. The van der Waals surface area contributed by atoms with Crippen LogP contribution >= 0.6 is 11.8 Å². The van der Waals surface area contributed by atoms with Gasteiger partial charge in [-0.3, -0.25) is 4.79 Å². The number of pyridine rings is 1. The molecule has 0 aromatic carbocycles. The molecule has 0 saturated carbocycles. The Balaban J connectivity index is 1.98. The lowest BCUT2D eigenvalue weighted by Crippen LogP contribution is -2.22. The first-order chi connectivity index (χ1) is 8.16. The van der Waals surface area contributed by atoms with Gasteiger partial charge in [0.2, 0.25) is 5.91 Å². The van der Waals surface area contributed by atoms with E-state index in [0.29, 0.717) is 5.82 Å². The number of aromatic nitrogens is 1. The number of amides is 1. The molecule has 1 aliphatic heterocycles. The van der Waals surface area contributed by atoms with Crippen LogP contribution in [0, 0.1) is 5.92 Å². The molecule has 1 unspecified atom stereocenters. The van der Waals surface area contributed by atoms with Gasteiger partial charge in [-0.05, 0) is 24.3 Å². The molecule has 0 bridgehead atoms. The lowest BCUT2D eigenvalue weighted by molar-refractivity contribution is -0.119. The Labute approximate surface area is 103 Å². The first kappa shape index (κ1) is 11.9. The van der Waals surface area contributed by atoms with E-state index >= 15 is 0 Å². The van der Waals surface area contributed by atoms with Gasteiger partial charge in [-0.1, -0.05) is 0 Å². The van der Waals surface area contributed by atoms with Gasteiger partial charge in [-0.25, -0.2) is 9.78 Å². The van der Waals surface area contributed by atoms with E-state index in [1.165, 1.54) is 18.3 Å². The minimum absolute atomic E-state index is 0.0365. The van der Waals surface area contributed by atoms with Crippen LogP contribution in [0.15, 0.2) is 18.3 Å². The molecule has 17 heavy (non-hydrogen) atoms. The highest BCUT2D eigenvalue weighted by atomic mass is 32.2. The minimum atomic E-state index is -1.03. The van der Waals surface area contributed by atoms with E-state index in [9.17, 15) is 9.59 Å². The van der Waals surface area contributed by atoms with Gasteiger partial charge in [-0.2, -0.15) is 11.8 Å². The van der Waals surface area contributed by atoms with Crippen molar-refractivity contribution in [2.75, 3.05) is 16.8 Å². The van der Waals surface area contributed by atoms with E-state index in [1.54, 1.807) is 11.8 Å². The largest absolute Gasteiger partial charge is 0.478 e. The van der Waals surface area contributed by atoms with Crippen molar-refractivity contribution < 1.29 is 14.7 Å². The fourth-order valence-electron chi connectivity index (χ4n) is 1.56. The van der Waals surface area contributed by atoms with Gasteiger partial charge in [0, 0.05) is 17.9 Å². The molecule has 0 aliphatic carbocycles. The van der Waals surface area contributed by atoms with E-state index in [2.05, 4.69) is 10.3 Å². The van der Waals surface area contributed by atoms with Crippen LogP contribution in [0.3, 0.4) is 0 Å². The molecule has 1 fully saturated rings. The van der Waals surface area contributed by atoms with Crippen LogP contribution < -0.4 is 5.32 Å². The maximum absolute atomic E-state index is 11.8. The van der Waals surface area contributed by atoms with Crippen molar-refractivity contribution in [1.29, 1.82) is 0 Å². The Morgan fingerprint density at radius 2 is 2.29 bits per heavy atom. The molecule has 1 atom stereocenters. The van der Waals surface area contributed by atoms with E-state index in [1.807, 2.05) is 0 Å². The van der Waals surface area contributed by atoms with Crippen molar-refractivity contribution in [3.63, 3.8) is 0 Å². The lowest BCUT2D eigenvalue weighted by atomic mass is 10.1. The zero-order valence-electron chi connectivity index (χ0n) is 9.05. The van der Waals surface area contributed by atoms with Crippen molar-refractivity contribution in [2.45, 2.75) is 6.42 Å². The number of carbonyl (C=O) groups excluding carboxylic acids is 1. The number of hydrogen-bond acceptors (Lipinski definition) is 4. The van der Waals surface area contributed by atoms with Gasteiger partial charge in [0.25, 0.3) is 0 Å². The van der Waals surface area contributed by atoms with Crippen LogP contribution in [0.1, 0.15) is 16.8 Å². The minimum Gasteiger partial charge on any atom is -0.478 e. The highest BCUT2D eigenvalue weighted by molar-refractivity contribution is 7.99. The normalized spacial score (nSPS) is 18.9. The summed E-state index contributed by atoms with van der Waals surface area (Å²) in [6.45, 7) is 0. The molecular weight excluding hydrogens is 240 g/mol. The summed E-state index contributed by atoms with van der Waals surface area (Å²) in [5.74, 6) is 1.24. The number of carbonyl (C=O) groups is 2. The molecule has 1 aromatic heterocycles. The molecule has 1 aliphatic rings. The lowest BCUT2D eigenvalue weighted by Gasteiger charge is -2.08. The number of rotatable bonds is 3. The summed E-state index contributed by atoms with van der Waals surface area (Å²) in [7, 11) is 0. The third-order valence-electron chi connectivity index (χ3n) is 2.56. The zero-order valence-corrected chi connectivity index (χ0v) is 9.87. The molecule has 2 heterocycles. The summed E-state index contributed by atoms with van der Waals surface area (Å²) in [5.41, 5.74) is 0.111. The molecule has 2 rings (SSSR count). The van der Waals surface area contributed by atoms with Gasteiger partial charge < -0.3 is 10.4 Å². The van der Waals surface area contributed by atoms with E-state index in [0.717, 1.165) is 17.9 Å². The Morgan fingerprint density at radius 3 is 2.82 bits per heavy atom. The number of carboxylic acid groups (broad SMARTS) is 1. The molecular formula is C11H12N2O3S. The Bertz CT molecular complexity index is 427. The van der Waals surface area contributed by atoms with E-state index in [4.69, 9.17) is 5.11 Å². The second-order valence-electron chi connectivity index (χ2n) is 3.79. The topological polar surface area (TPSA) is 79.3 Å². The molecule has 0 spiro atoms. The highest BCUT2D eigenvalue weighted by Gasteiger charge is 2.23. The summed E-state index contributed by atoms with van der Waals surface area (Å²) in [4.78, 5) is 26.3. The van der Waals surface area contributed by atoms with Gasteiger partial charge in [0.05, 0.1) is 5.56 Å². The predicted molar refractivity (Wildman–Crippen MR) is 65.3 cm³/mol. The predicted octanol–water partition coefficient (Wildman–Crippen LogP) is 1.47. The Kier molecular flexibility index (Phi) is 3.63. The van der Waals surface area contributed by atoms with Crippen molar-refractivity contribution in [3.05, 3.63) is 23.9 Å². The molecule has 2 N–H and O–H groups in total. The van der Waals surface area contributed by atoms with Gasteiger partial charge in [0.1, 0.15) is 5.82 Å². The Hall–Kier alpha value is -1.56. The maximum atomic E-state index is 11.8. The van der Waals surface area contributed by atoms with Crippen molar-refractivity contribution in [1.82, 2.24) is 4.98 Å². The maximum Gasteiger partial charge on any atom is 0.337 e. The molecule has 1 saturated heterocycles. The van der Waals surface area contributed by atoms with Gasteiger partial charge >= 0.3 is 5.97 Å². The molecule has 1 aromatic rings. The van der Waals surface area contributed by atoms with Crippen LogP contribution in [-0.4, -0.2) is 33.5 Å². The number of aromatic carboxylic acids is 1. The number of anilines is 1.